The van der Waals surface area contributed by atoms with Crippen LogP contribution < -0.4 is 0 Å². The second-order valence-electron chi connectivity index (χ2n) is 7.32. The summed E-state index contributed by atoms with van der Waals surface area (Å²) >= 11 is 6.07. The molecule has 3 aromatic carbocycles. The number of nitrogens with zero attached hydrogens (tertiary/aromatic N) is 2. The first-order valence-electron chi connectivity index (χ1n) is 10.2. The first-order chi connectivity index (χ1) is 15.6. The summed E-state index contributed by atoms with van der Waals surface area (Å²) in [6.07, 6.45) is 0. The quantitative estimate of drug-likeness (QED) is 0.286. The number of carbonyl (C=O) groups excluding carboxylic acids is 1. The molecule has 4 nitrogen and oxygen atoms in total. The summed E-state index contributed by atoms with van der Waals surface area (Å²) in [4.78, 5) is 17.8. The number of rotatable bonds is 4. The molecule has 0 radical (unpaired) electrons. The maximum Gasteiger partial charge on any atom is 0.342 e. The van der Waals surface area contributed by atoms with E-state index in [1.165, 1.54) is 12.1 Å². The minimum absolute atomic E-state index is 0.223. The Balaban J connectivity index is 1.94. The number of carbonyl (C=O) groups is 1. The molecule has 0 aliphatic carbocycles. The maximum absolute atomic E-state index is 14.3. The van der Waals surface area contributed by atoms with Crippen LogP contribution in [0.5, 0.6) is 0 Å². The van der Waals surface area contributed by atoms with Gasteiger partial charge in [-0.2, -0.15) is 0 Å². The van der Waals surface area contributed by atoms with E-state index in [2.05, 4.69) is 0 Å². The van der Waals surface area contributed by atoms with Gasteiger partial charge in [0, 0.05) is 16.0 Å². The fourth-order valence-corrected chi connectivity index (χ4v) is 4.06. The van der Waals surface area contributed by atoms with Gasteiger partial charge in [0.2, 0.25) is 0 Å². The Morgan fingerprint density at radius 2 is 1.75 bits per heavy atom. The number of benzene rings is 3. The van der Waals surface area contributed by atoms with Crippen molar-refractivity contribution in [2.45, 2.75) is 6.92 Å². The molecule has 5 aromatic rings. The highest BCUT2D eigenvalue weighted by Gasteiger charge is 2.24. The van der Waals surface area contributed by atoms with Crippen LogP contribution in [0, 0.1) is 5.82 Å². The van der Waals surface area contributed by atoms with E-state index in [4.69, 9.17) is 21.3 Å². The highest BCUT2D eigenvalue weighted by Crippen LogP contribution is 2.35. The number of ether oxygens (including phenoxy) is 1. The van der Waals surface area contributed by atoms with Gasteiger partial charge in [-0.1, -0.05) is 54.1 Å². The minimum atomic E-state index is -0.494. The molecule has 0 N–H and O–H groups in total. The van der Waals surface area contributed by atoms with Crippen LogP contribution in [0.1, 0.15) is 17.3 Å². The standard InChI is InChI=1S/C26H18ClFN2O2/c1-2-32-26(31)24-20-13-12-19(28)14-23(20)30-22(17-6-4-3-5-7-17)15-21(29-25(24)30)16-8-10-18(27)11-9-16/h3-15H,2H2,1H3. The van der Waals surface area contributed by atoms with Gasteiger partial charge in [-0.15, -0.1) is 0 Å². The van der Waals surface area contributed by atoms with Crippen molar-refractivity contribution in [1.29, 1.82) is 0 Å². The Kier molecular flexibility index (Phi) is 5.11. The first-order valence-corrected chi connectivity index (χ1v) is 10.6. The van der Waals surface area contributed by atoms with Gasteiger partial charge < -0.3 is 4.74 Å². The smallest absolute Gasteiger partial charge is 0.342 e. The van der Waals surface area contributed by atoms with Crippen LogP contribution in [0.25, 0.3) is 39.1 Å². The SMILES string of the molecule is CCOC(=O)c1c2ccc(F)cc2n2c(-c3ccccc3)cc(-c3ccc(Cl)cc3)nc12. The molecule has 158 valence electrons. The summed E-state index contributed by atoms with van der Waals surface area (Å²) < 4.78 is 21.4. The van der Waals surface area contributed by atoms with E-state index < -0.39 is 11.8 Å². The number of halogens is 2. The third kappa shape index (κ3) is 3.41. The van der Waals surface area contributed by atoms with E-state index in [9.17, 15) is 9.18 Å². The van der Waals surface area contributed by atoms with E-state index in [1.54, 1.807) is 25.1 Å². The first kappa shape index (κ1) is 20.2. The van der Waals surface area contributed by atoms with Gasteiger partial charge in [0.1, 0.15) is 11.4 Å². The van der Waals surface area contributed by atoms with Gasteiger partial charge >= 0.3 is 5.97 Å². The van der Waals surface area contributed by atoms with E-state index in [0.717, 1.165) is 16.8 Å². The van der Waals surface area contributed by atoms with E-state index in [1.807, 2.05) is 52.9 Å². The summed E-state index contributed by atoms with van der Waals surface area (Å²) in [7, 11) is 0. The molecule has 6 heteroatoms. The van der Waals surface area contributed by atoms with Gasteiger partial charge in [-0.25, -0.2) is 14.2 Å². The molecule has 0 atom stereocenters. The Labute approximate surface area is 188 Å². The largest absolute Gasteiger partial charge is 0.462 e. The average Bonchev–Trinajstić information content (AvgIpc) is 3.13. The van der Waals surface area contributed by atoms with Crippen LogP contribution in [-0.2, 0) is 4.74 Å². The fourth-order valence-electron chi connectivity index (χ4n) is 3.93. The van der Waals surface area contributed by atoms with Gasteiger partial charge in [0.05, 0.1) is 23.5 Å². The van der Waals surface area contributed by atoms with Crippen LogP contribution in [0.3, 0.4) is 0 Å². The molecular weight excluding hydrogens is 427 g/mol. The van der Waals surface area contributed by atoms with Gasteiger partial charge in [-0.3, -0.25) is 4.40 Å². The Bertz CT molecular complexity index is 1460. The zero-order valence-corrected chi connectivity index (χ0v) is 17.9. The lowest BCUT2D eigenvalue weighted by Gasteiger charge is -2.11. The molecule has 0 bridgehead atoms. The van der Waals surface area contributed by atoms with E-state index in [-0.39, 0.29) is 6.61 Å². The number of esters is 1. The Hall–Kier alpha value is -3.70. The van der Waals surface area contributed by atoms with Gasteiger partial charge in [0.25, 0.3) is 0 Å². The monoisotopic (exact) mass is 444 g/mol. The van der Waals surface area contributed by atoms with Crippen LogP contribution in [0.2, 0.25) is 5.02 Å². The molecule has 0 unspecified atom stereocenters. The number of aromatic nitrogens is 2. The topological polar surface area (TPSA) is 43.6 Å². The Morgan fingerprint density at radius 3 is 2.47 bits per heavy atom. The van der Waals surface area contributed by atoms with Crippen LogP contribution in [0.15, 0.2) is 78.9 Å². The molecule has 0 aliphatic rings. The lowest BCUT2D eigenvalue weighted by Crippen LogP contribution is -2.06. The third-order valence-electron chi connectivity index (χ3n) is 5.34. The summed E-state index contributed by atoms with van der Waals surface area (Å²) in [5.41, 5.74) is 4.49. The van der Waals surface area contributed by atoms with E-state index >= 15 is 0 Å². The van der Waals surface area contributed by atoms with Crippen molar-refractivity contribution in [1.82, 2.24) is 9.38 Å². The normalized spacial score (nSPS) is 11.2. The van der Waals surface area contributed by atoms with Crippen molar-refractivity contribution >= 4 is 34.1 Å². The maximum atomic E-state index is 14.3. The van der Waals surface area contributed by atoms with Gasteiger partial charge in [0.15, 0.2) is 5.65 Å². The second kappa shape index (κ2) is 8.09. The molecule has 0 saturated carbocycles. The molecule has 0 saturated heterocycles. The predicted molar refractivity (Wildman–Crippen MR) is 124 cm³/mol. The van der Waals surface area contributed by atoms with Crippen molar-refractivity contribution in [3.63, 3.8) is 0 Å². The zero-order chi connectivity index (χ0) is 22.2. The molecular formula is C26H18ClFN2O2. The summed E-state index contributed by atoms with van der Waals surface area (Å²) in [5.74, 6) is -0.889. The average molecular weight is 445 g/mol. The number of hydrogen-bond acceptors (Lipinski definition) is 3. The lowest BCUT2D eigenvalue weighted by atomic mass is 10.1. The minimum Gasteiger partial charge on any atom is -0.462 e. The highest BCUT2D eigenvalue weighted by atomic mass is 35.5. The van der Waals surface area contributed by atoms with Crippen molar-refractivity contribution in [2.75, 3.05) is 6.61 Å². The molecule has 2 aromatic heterocycles. The molecule has 0 aliphatic heterocycles. The molecule has 5 rings (SSSR count). The zero-order valence-electron chi connectivity index (χ0n) is 17.2. The molecule has 32 heavy (non-hydrogen) atoms. The van der Waals surface area contributed by atoms with Crippen molar-refractivity contribution in [3.05, 3.63) is 95.3 Å². The van der Waals surface area contributed by atoms with Crippen molar-refractivity contribution < 1.29 is 13.9 Å². The molecule has 0 amide bonds. The van der Waals surface area contributed by atoms with Crippen molar-refractivity contribution in [3.8, 4) is 22.5 Å². The lowest BCUT2D eigenvalue weighted by molar-refractivity contribution is 0.0530. The van der Waals surface area contributed by atoms with Gasteiger partial charge in [-0.05, 0) is 48.9 Å². The van der Waals surface area contributed by atoms with Crippen LogP contribution in [-0.4, -0.2) is 22.0 Å². The number of fused-ring (bicyclic) bond motifs is 3. The molecule has 2 heterocycles. The van der Waals surface area contributed by atoms with Crippen LogP contribution in [0.4, 0.5) is 4.39 Å². The number of hydrogen-bond donors (Lipinski definition) is 0. The van der Waals surface area contributed by atoms with E-state index in [0.29, 0.717) is 32.8 Å². The van der Waals surface area contributed by atoms with Crippen molar-refractivity contribution in [2.24, 2.45) is 0 Å². The predicted octanol–water partition coefficient (Wildman–Crippen LogP) is 6.79. The summed E-state index contributed by atoms with van der Waals surface area (Å²) in [6.45, 7) is 1.97. The third-order valence-corrected chi connectivity index (χ3v) is 5.59. The van der Waals surface area contributed by atoms with Crippen LogP contribution >= 0.6 is 11.6 Å². The Morgan fingerprint density at radius 1 is 1.00 bits per heavy atom. The summed E-state index contributed by atoms with van der Waals surface area (Å²) in [5, 5.41) is 1.21. The molecule has 0 fully saturated rings. The fraction of sp³-hybridized carbons (Fsp3) is 0.0769. The molecule has 0 spiro atoms. The summed E-state index contributed by atoms with van der Waals surface area (Å²) in [6, 6.07) is 23.4. The second-order valence-corrected chi connectivity index (χ2v) is 7.75. The highest BCUT2D eigenvalue weighted by molar-refractivity contribution is 6.30.